The Bertz CT molecular complexity index is 831. The fourth-order valence-corrected chi connectivity index (χ4v) is 3.39. The molecule has 2 aromatic rings. The Morgan fingerprint density at radius 3 is 2.54 bits per heavy atom. The molecule has 0 atom stereocenters. The molecule has 0 spiro atoms. The lowest BCUT2D eigenvalue weighted by molar-refractivity contribution is -0.137. The number of halogens is 3. The number of carbonyl (C=O) groups is 1. The molecule has 1 amide bonds. The van der Waals surface area contributed by atoms with Gasteiger partial charge in [0.05, 0.1) is 30.5 Å². The molecule has 1 fully saturated rings. The molecule has 7 heteroatoms. The molecule has 4 nitrogen and oxygen atoms in total. The van der Waals surface area contributed by atoms with Crippen LogP contribution in [0, 0.1) is 0 Å². The molecule has 0 radical (unpaired) electrons. The molecule has 0 aromatic heterocycles. The lowest BCUT2D eigenvalue weighted by Gasteiger charge is -2.31. The van der Waals surface area contributed by atoms with E-state index in [4.69, 9.17) is 4.74 Å². The zero-order valence-corrected chi connectivity index (χ0v) is 15.7. The van der Waals surface area contributed by atoms with E-state index in [2.05, 4.69) is 5.32 Å². The van der Waals surface area contributed by atoms with E-state index in [0.29, 0.717) is 11.4 Å². The van der Waals surface area contributed by atoms with Crippen molar-refractivity contribution in [3.05, 3.63) is 53.6 Å². The summed E-state index contributed by atoms with van der Waals surface area (Å²) >= 11 is 0. The minimum Gasteiger partial charge on any atom is -0.497 e. The number of alkyl halides is 3. The number of piperidine rings is 1. The molecule has 1 aliphatic heterocycles. The summed E-state index contributed by atoms with van der Waals surface area (Å²) in [6.07, 6.45) is -1.34. The molecule has 2 aromatic carbocycles. The predicted octanol–water partition coefficient (Wildman–Crippen LogP) is 4.89. The third-order valence-electron chi connectivity index (χ3n) is 4.79. The van der Waals surface area contributed by atoms with Gasteiger partial charge < -0.3 is 15.0 Å². The summed E-state index contributed by atoms with van der Waals surface area (Å²) in [7, 11) is 1.53. The summed E-state index contributed by atoms with van der Waals surface area (Å²) in [5, 5.41) is 2.68. The van der Waals surface area contributed by atoms with Crippen LogP contribution in [-0.2, 0) is 17.4 Å². The van der Waals surface area contributed by atoms with Gasteiger partial charge in [0, 0.05) is 13.1 Å². The first kappa shape index (κ1) is 20.0. The van der Waals surface area contributed by atoms with E-state index in [9.17, 15) is 18.0 Å². The molecular weight excluding hydrogens is 369 g/mol. The van der Waals surface area contributed by atoms with Crippen LogP contribution in [0.2, 0.25) is 0 Å². The molecule has 3 rings (SSSR count). The maximum absolute atomic E-state index is 13.2. The van der Waals surface area contributed by atoms with Crippen molar-refractivity contribution in [2.24, 2.45) is 0 Å². The predicted molar refractivity (Wildman–Crippen MR) is 103 cm³/mol. The molecule has 28 heavy (non-hydrogen) atoms. The molecule has 1 N–H and O–H groups in total. The highest BCUT2D eigenvalue weighted by molar-refractivity contribution is 5.95. The number of nitrogens with one attached hydrogen (secondary N) is 1. The fourth-order valence-electron chi connectivity index (χ4n) is 3.39. The quantitative estimate of drug-likeness (QED) is 0.788. The number of ether oxygens (including phenoxy) is 1. The van der Waals surface area contributed by atoms with Gasteiger partial charge in [0.2, 0.25) is 5.91 Å². The summed E-state index contributed by atoms with van der Waals surface area (Å²) in [4.78, 5) is 14.6. The number of rotatable bonds is 5. The topological polar surface area (TPSA) is 41.6 Å². The summed E-state index contributed by atoms with van der Waals surface area (Å²) < 4.78 is 44.7. The lowest BCUT2D eigenvalue weighted by atomic mass is 10.1. The molecule has 0 bridgehead atoms. The average molecular weight is 392 g/mol. The Kier molecular flexibility index (Phi) is 6.11. The molecule has 0 saturated carbocycles. The third kappa shape index (κ3) is 4.97. The first-order valence-electron chi connectivity index (χ1n) is 9.26. The molecule has 1 aliphatic rings. The molecule has 150 valence electrons. The van der Waals surface area contributed by atoms with Gasteiger partial charge in [-0.2, -0.15) is 13.2 Å². The Hall–Kier alpha value is -2.70. The normalized spacial score (nSPS) is 14.6. The van der Waals surface area contributed by atoms with Gasteiger partial charge in [0.15, 0.2) is 0 Å². The minimum atomic E-state index is -4.47. The number of hydrogen-bond donors (Lipinski definition) is 1. The molecular formula is C21H23F3N2O2. The van der Waals surface area contributed by atoms with E-state index in [1.807, 2.05) is 4.90 Å². The Morgan fingerprint density at radius 1 is 1.11 bits per heavy atom. The maximum Gasteiger partial charge on any atom is 0.416 e. The van der Waals surface area contributed by atoms with Crippen molar-refractivity contribution in [2.75, 3.05) is 30.4 Å². The zero-order valence-electron chi connectivity index (χ0n) is 15.7. The van der Waals surface area contributed by atoms with Gasteiger partial charge in [0.25, 0.3) is 0 Å². The van der Waals surface area contributed by atoms with Crippen LogP contribution in [0.5, 0.6) is 5.75 Å². The summed E-state index contributed by atoms with van der Waals surface area (Å²) in [6.45, 7) is 1.54. The number of nitrogens with zero attached hydrogens (tertiary/aromatic N) is 1. The van der Waals surface area contributed by atoms with E-state index < -0.39 is 11.7 Å². The average Bonchev–Trinajstić information content (AvgIpc) is 2.68. The number of amides is 1. The Balaban J connectivity index is 1.83. The van der Waals surface area contributed by atoms with Gasteiger partial charge in [0.1, 0.15) is 5.75 Å². The van der Waals surface area contributed by atoms with Crippen LogP contribution in [-0.4, -0.2) is 26.1 Å². The summed E-state index contributed by atoms with van der Waals surface area (Å²) in [6, 6.07) is 10.6. The van der Waals surface area contributed by atoms with Crippen LogP contribution in [0.4, 0.5) is 24.5 Å². The third-order valence-corrected chi connectivity index (χ3v) is 4.79. The number of carbonyl (C=O) groups excluding carboxylic acids is 1. The van der Waals surface area contributed by atoms with Crippen molar-refractivity contribution in [2.45, 2.75) is 31.9 Å². The SMILES string of the molecule is COc1cccc(CC(=O)Nc2cc(C(F)(F)F)ccc2N2CCCCC2)c1. The van der Waals surface area contributed by atoms with Crippen molar-refractivity contribution < 1.29 is 22.7 Å². The van der Waals surface area contributed by atoms with Gasteiger partial charge in [-0.1, -0.05) is 12.1 Å². The summed E-state index contributed by atoms with van der Waals surface area (Å²) in [5.41, 5.74) is 0.782. The summed E-state index contributed by atoms with van der Waals surface area (Å²) in [5.74, 6) is 0.254. The van der Waals surface area contributed by atoms with Gasteiger partial charge in [-0.15, -0.1) is 0 Å². The molecule has 0 aliphatic carbocycles. The van der Waals surface area contributed by atoms with E-state index >= 15 is 0 Å². The van der Waals surface area contributed by atoms with Gasteiger partial charge >= 0.3 is 6.18 Å². The smallest absolute Gasteiger partial charge is 0.416 e. The largest absolute Gasteiger partial charge is 0.497 e. The number of methoxy groups -OCH3 is 1. The maximum atomic E-state index is 13.2. The molecule has 1 saturated heterocycles. The van der Waals surface area contributed by atoms with E-state index in [1.165, 1.54) is 13.2 Å². The highest BCUT2D eigenvalue weighted by atomic mass is 19.4. The van der Waals surface area contributed by atoms with Crippen molar-refractivity contribution in [3.8, 4) is 5.75 Å². The first-order valence-corrected chi connectivity index (χ1v) is 9.26. The second-order valence-corrected chi connectivity index (χ2v) is 6.85. The van der Waals surface area contributed by atoms with Crippen LogP contribution in [0.3, 0.4) is 0 Å². The van der Waals surface area contributed by atoms with Crippen LogP contribution < -0.4 is 15.0 Å². The van der Waals surface area contributed by atoms with E-state index in [0.717, 1.165) is 50.0 Å². The fraction of sp³-hybridized carbons (Fsp3) is 0.381. The Morgan fingerprint density at radius 2 is 1.86 bits per heavy atom. The lowest BCUT2D eigenvalue weighted by Crippen LogP contribution is -2.30. The monoisotopic (exact) mass is 392 g/mol. The zero-order chi connectivity index (χ0) is 20.1. The minimum absolute atomic E-state index is 0.0485. The van der Waals surface area contributed by atoms with Crippen LogP contribution >= 0.6 is 0 Å². The van der Waals surface area contributed by atoms with Crippen LogP contribution in [0.15, 0.2) is 42.5 Å². The van der Waals surface area contributed by atoms with Gasteiger partial charge in [-0.05, 0) is 55.2 Å². The van der Waals surface area contributed by atoms with E-state index in [1.54, 1.807) is 24.3 Å². The van der Waals surface area contributed by atoms with Gasteiger partial charge in [-0.25, -0.2) is 0 Å². The van der Waals surface area contributed by atoms with Crippen LogP contribution in [0.25, 0.3) is 0 Å². The number of anilines is 2. The number of benzene rings is 2. The van der Waals surface area contributed by atoms with Crippen LogP contribution in [0.1, 0.15) is 30.4 Å². The highest BCUT2D eigenvalue weighted by Gasteiger charge is 2.31. The van der Waals surface area contributed by atoms with E-state index in [-0.39, 0.29) is 18.0 Å². The molecule has 1 heterocycles. The van der Waals surface area contributed by atoms with Crippen molar-refractivity contribution in [1.29, 1.82) is 0 Å². The Labute approximate surface area is 162 Å². The molecule has 0 unspecified atom stereocenters. The number of hydrogen-bond acceptors (Lipinski definition) is 3. The van der Waals surface area contributed by atoms with Crippen molar-refractivity contribution in [3.63, 3.8) is 0 Å². The van der Waals surface area contributed by atoms with Crippen molar-refractivity contribution in [1.82, 2.24) is 0 Å². The highest BCUT2D eigenvalue weighted by Crippen LogP contribution is 2.36. The second-order valence-electron chi connectivity index (χ2n) is 6.85. The standard InChI is InChI=1S/C21H23F3N2O2/c1-28-17-7-5-6-15(12-17)13-20(27)25-18-14-16(21(22,23)24)8-9-19(18)26-10-3-2-4-11-26/h5-9,12,14H,2-4,10-11,13H2,1H3,(H,25,27). The van der Waals surface area contributed by atoms with Crippen molar-refractivity contribution >= 4 is 17.3 Å². The second kappa shape index (κ2) is 8.54. The van der Waals surface area contributed by atoms with Gasteiger partial charge in [-0.3, -0.25) is 4.79 Å². The first-order chi connectivity index (χ1) is 13.4.